The monoisotopic (exact) mass is 297 g/mol. The lowest BCUT2D eigenvalue weighted by Crippen LogP contribution is -2.43. The summed E-state index contributed by atoms with van der Waals surface area (Å²) in [6.07, 6.45) is 4.29. The van der Waals surface area contributed by atoms with Gasteiger partial charge in [0.2, 0.25) is 0 Å². The molecular formula is C14H19NO4S. The van der Waals surface area contributed by atoms with Crippen LogP contribution in [0.5, 0.6) is 0 Å². The minimum absolute atomic E-state index is 0.418. The van der Waals surface area contributed by atoms with Gasteiger partial charge in [-0.3, -0.25) is 4.79 Å². The van der Waals surface area contributed by atoms with Crippen LogP contribution in [-0.4, -0.2) is 34.7 Å². The van der Waals surface area contributed by atoms with Gasteiger partial charge in [0, 0.05) is 4.88 Å². The van der Waals surface area contributed by atoms with Gasteiger partial charge in [-0.2, -0.15) is 0 Å². The van der Waals surface area contributed by atoms with Gasteiger partial charge in [0.25, 0.3) is 5.91 Å². The molecule has 1 aliphatic rings. The molecule has 20 heavy (non-hydrogen) atoms. The van der Waals surface area contributed by atoms with Crippen LogP contribution in [0.3, 0.4) is 0 Å². The van der Waals surface area contributed by atoms with Crippen LogP contribution in [0.15, 0.2) is 6.07 Å². The molecule has 5 nitrogen and oxygen atoms in total. The predicted octanol–water partition coefficient (Wildman–Crippen LogP) is 1.44. The quantitative estimate of drug-likeness (QED) is 0.767. The first-order chi connectivity index (χ1) is 9.55. The SMILES string of the molecule is CCC1CCc2sc(C(=O)N[C@@H](CO)C(=O)O)cc2C1. The zero-order chi connectivity index (χ0) is 14.7. The summed E-state index contributed by atoms with van der Waals surface area (Å²) in [4.78, 5) is 24.6. The van der Waals surface area contributed by atoms with Crippen LogP contribution in [0.25, 0.3) is 0 Å². The Morgan fingerprint density at radius 3 is 2.90 bits per heavy atom. The molecule has 1 unspecified atom stereocenters. The summed E-state index contributed by atoms with van der Waals surface area (Å²) in [7, 11) is 0. The van der Waals surface area contributed by atoms with E-state index in [4.69, 9.17) is 10.2 Å². The average Bonchev–Trinajstić information content (AvgIpc) is 2.86. The first-order valence-electron chi connectivity index (χ1n) is 6.81. The maximum Gasteiger partial charge on any atom is 0.328 e. The van der Waals surface area contributed by atoms with Gasteiger partial charge in [-0.25, -0.2) is 4.79 Å². The number of carboxylic acids is 1. The zero-order valence-corrected chi connectivity index (χ0v) is 12.2. The van der Waals surface area contributed by atoms with E-state index in [0.29, 0.717) is 10.8 Å². The number of aliphatic hydroxyl groups excluding tert-OH is 1. The Hall–Kier alpha value is -1.40. The van der Waals surface area contributed by atoms with E-state index < -0.39 is 24.5 Å². The van der Waals surface area contributed by atoms with Crippen LogP contribution >= 0.6 is 11.3 Å². The molecule has 1 heterocycles. The van der Waals surface area contributed by atoms with Crippen LogP contribution in [0, 0.1) is 5.92 Å². The minimum atomic E-state index is -1.25. The molecule has 3 N–H and O–H groups in total. The Labute approximate surface area is 121 Å². The largest absolute Gasteiger partial charge is 0.480 e. The molecule has 0 aliphatic heterocycles. The molecule has 0 spiro atoms. The maximum atomic E-state index is 12.0. The van der Waals surface area contributed by atoms with E-state index in [9.17, 15) is 9.59 Å². The maximum absolute atomic E-state index is 12.0. The molecule has 0 bridgehead atoms. The van der Waals surface area contributed by atoms with Gasteiger partial charge in [0.1, 0.15) is 0 Å². The lowest BCUT2D eigenvalue weighted by Gasteiger charge is -2.19. The third-order valence-electron chi connectivity index (χ3n) is 3.77. The second-order valence-electron chi connectivity index (χ2n) is 5.12. The van der Waals surface area contributed by atoms with E-state index in [1.54, 1.807) is 0 Å². The number of aryl methyl sites for hydroxylation is 1. The van der Waals surface area contributed by atoms with Crippen molar-refractivity contribution in [2.75, 3.05) is 6.61 Å². The summed E-state index contributed by atoms with van der Waals surface area (Å²) in [5.41, 5.74) is 1.22. The predicted molar refractivity (Wildman–Crippen MR) is 76.1 cm³/mol. The summed E-state index contributed by atoms with van der Waals surface area (Å²) in [5, 5.41) is 20.1. The molecule has 0 saturated carbocycles. The van der Waals surface area contributed by atoms with Crippen molar-refractivity contribution in [3.63, 3.8) is 0 Å². The molecule has 0 aromatic carbocycles. The van der Waals surface area contributed by atoms with E-state index in [-0.39, 0.29) is 0 Å². The number of aliphatic carboxylic acids is 1. The normalized spacial score (nSPS) is 19.2. The highest BCUT2D eigenvalue weighted by atomic mass is 32.1. The molecular weight excluding hydrogens is 278 g/mol. The highest BCUT2D eigenvalue weighted by molar-refractivity contribution is 7.14. The number of aliphatic hydroxyl groups is 1. The number of carbonyl (C=O) groups excluding carboxylic acids is 1. The summed E-state index contributed by atoms with van der Waals surface area (Å²) in [6, 6.07) is 0.623. The number of carbonyl (C=O) groups is 2. The Balaban J connectivity index is 2.09. The summed E-state index contributed by atoms with van der Waals surface area (Å²) in [6.45, 7) is 1.57. The molecule has 1 aliphatic carbocycles. The van der Waals surface area contributed by atoms with Gasteiger partial charge < -0.3 is 15.5 Å². The lowest BCUT2D eigenvalue weighted by molar-refractivity contribution is -0.140. The van der Waals surface area contributed by atoms with Gasteiger partial charge in [-0.1, -0.05) is 13.3 Å². The highest BCUT2D eigenvalue weighted by Gasteiger charge is 2.24. The van der Waals surface area contributed by atoms with Crippen molar-refractivity contribution < 1.29 is 19.8 Å². The number of amides is 1. The van der Waals surface area contributed by atoms with Crippen molar-refractivity contribution in [3.8, 4) is 0 Å². The zero-order valence-electron chi connectivity index (χ0n) is 11.4. The van der Waals surface area contributed by atoms with Crippen molar-refractivity contribution >= 4 is 23.2 Å². The van der Waals surface area contributed by atoms with Crippen molar-refractivity contribution in [2.24, 2.45) is 5.92 Å². The van der Waals surface area contributed by atoms with Gasteiger partial charge in [-0.15, -0.1) is 11.3 Å². The summed E-state index contributed by atoms with van der Waals surface area (Å²) >= 11 is 1.43. The molecule has 110 valence electrons. The number of carboxylic acid groups (broad SMARTS) is 1. The topological polar surface area (TPSA) is 86.6 Å². The molecule has 1 aromatic rings. The second-order valence-corrected chi connectivity index (χ2v) is 6.26. The highest BCUT2D eigenvalue weighted by Crippen LogP contribution is 2.33. The van der Waals surface area contributed by atoms with Crippen molar-refractivity contribution in [1.82, 2.24) is 5.32 Å². The van der Waals surface area contributed by atoms with Crippen LogP contribution in [0.2, 0.25) is 0 Å². The first-order valence-corrected chi connectivity index (χ1v) is 7.62. The fourth-order valence-electron chi connectivity index (χ4n) is 2.47. The fourth-order valence-corrected chi connectivity index (χ4v) is 3.59. The van der Waals surface area contributed by atoms with Gasteiger partial charge in [0.15, 0.2) is 6.04 Å². The van der Waals surface area contributed by atoms with E-state index in [0.717, 1.165) is 25.7 Å². The van der Waals surface area contributed by atoms with Crippen molar-refractivity contribution in [1.29, 1.82) is 0 Å². The number of fused-ring (bicyclic) bond motifs is 1. The van der Waals surface area contributed by atoms with Gasteiger partial charge >= 0.3 is 5.97 Å². The van der Waals surface area contributed by atoms with Crippen LogP contribution in [0.4, 0.5) is 0 Å². The molecule has 6 heteroatoms. The molecule has 0 fully saturated rings. The van der Waals surface area contributed by atoms with E-state index >= 15 is 0 Å². The fraction of sp³-hybridized carbons (Fsp3) is 0.571. The number of thiophene rings is 1. The lowest BCUT2D eigenvalue weighted by atomic mass is 9.87. The third-order valence-corrected chi connectivity index (χ3v) is 5.01. The molecule has 2 atom stereocenters. The second kappa shape index (κ2) is 6.37. The van der Waals surface area contributed by atoms with Crippen LogP contribution in [0.1, 0.15) is 39.9 Å². The average molecular weight is 297 g/mol. The molecule has 2 rings (SSSR count). The molecule has 1 aromatic heterocycles. The standard InChI is InChI=1S/C14H19NO4S/c1-2-8-3-4-11-9(5-8)6-12(20-11)13(17)15-10(7-16)14(18)19/h6,8,10,16H,2-5,7H2,1H3,(H,15,17)(H,18,19)/t8?,10-/m0/s1. The van der Waals surface area contributed by atoms with E-state index in [2.05, 4.69) is 12.2 Å². The first kappa shape index (κ1) is 15.0. The number of hydrogen-bond acceptors (Lipinski definition) is 4. The number of rotatable bonds is 5. The Morgan fingerprint density at radius 2 is 2.30 bits per heavy atom. The van der Waals surface area contributed by atoms with Crippen molar-refractivity contribution in [2.45, 2.75) is 38.6 Å². The van der Waals surface area contributed by atoms with E-state index in [1.165, 1.54) is 21.8 Å². The van der Waals surface area contributed by atoms with E-state index in [1.807, 2.05) is 6.07 Å². The van der Waals surface area contributed by atoms with Gasteiger partial charge in [-0.05, 0) is 36.8 Å². The Morgan fingerprint density at radius 1 is 1.55 bits per heavy atom. The Kier molecular flexibility index (Phi) is 4.77. The molecule has 0 saturated heterocycles. The molecule has 1 amide bonds. The minimum Gasteiger partial charge on any atom is -0.480 e. The van der Waals surface area contributed by atoms with Crippen molar-refractivity contribution in [3.05, 3.63) is 21.4 Å². The third kappa shape index (κ3) is 3.19. The van der Waals surface area contributed by atoms with Crippen LogP contribution < -0.4 is 5.32 Å². The van der Waals surface area contributed by atoms with Gasteiger partial charge in [0.05, 0.1) is 11.5 Å². The molecule has 0 radical (unpaired) electrons. The summed E-state index contributed by atoms with van der Waals surface area (Å²) in [5.74, 6) is -0.968. The Bertz CT molecular complexity index is 511. The summed E-state index contributed by atoms with van der Waals surface area (Å²) < 4.78 is 0. The smallest absolute Gasteiger partial charge is 0.328 e. The number of nitrogens with one attached hydrogen (secondary N) is 1. The van der Waals surface area contributed by atoms with Crippen LogP contribution in [-0.2, 0) is 17.6 Å². The number of hydrogen-bond donors (Lipinski definition) is 3.